The molecule has 6 heteroatoms. The van der Waals surface area contributed by atoms with Crippen molar-refractivity contribution in [3.8, 4) is 5.75 Å². The van der Waals surface area contributed by atoms with E-state index in [1.54, 1.807) is 24.1 Å². The third kappa shape index (κ3) is 3.48. The lowest BCUT2D eigenvalue weighted by atomic mass is 9.86. The van der Waals surface area contributed by atoms with Crippen LogP contribution >= 0.6 is 0 Å². The predicted octanol–water partition coefficient (Wildman–Crippen LogP) is 2.00. The fourth-order valence-corrected chi connectivity index (χ4v) is 3.42. The highest BCUT2D eigenvalue weighted by molar-refractivity contribution is 5.78. The van der Waals surface area contributed by atoms with Gasteiger partial charge in [0.2, 0.25) is 0 Å². The van der Waals surface area contributed by atoms with Crippen LogP contribution in [0.1, 0.15) is 19.3 Å². The second kappa shape index (κ2) is 6.84. The number of carbonyl (C=O) groups excluding carboxylic acids is 1. The molecule has 126 valence electrons. The normalized spacial score (nSPS) is 27.4. The Hall–Kier alpha value is -1.66. The van der Waals surface area contributed by atoms with Gasteiger partial charge >= 0.3 is 0 Å². The molecule has 0 aliphatic carbocycles. The molecule has 1 spiro atoms. The summed E-state index contributed by atoms with van der Waals surface area (Å²) >= 11 is 0. The first-order chi connectivity index (χ1) is 11.1. The van der Waals surface area contributed by atoms with E-state index in [-0.39, 0.29) is 30.0 Å². The Morgan fingerprint density at radius 2 is 2.35 bits per heavy atom. The Balaban J connectivity index is 1.56. The molecule has 0 unspecified atom stereocenters. The number of halogens is 1. The lowest BCUT2D eigenvalue weighted by Gasteiger charge is -2.44. The lowest BCUT2D eigenvalue weighted by Crippen LogP contribution is -2.57. The fraction of sp³-hybridized carbons (Fsp3) is 0.588. The zero-order chi connectivity index (χ0) is 16.3. The molecule has 1 aromatic rings. The summed E-state index contributed by atoms with van der Waals surface area (Å²) in [5.74, 6) is -0.147. The summed E-state index contributed by atoms with van der Waals surface area (Å²) in [6, 6.07) is 5.79. The number of amides is 1. The molecule has 2 aliphatic rings. The molecule has 0 saturated carbocycles. The second-order valence-electron chi connectivity index (χ2n) is 6.08. The summed E-state index contributed by atoms with van der Waals surface area (Å²) in [5.41, 5.74) is -0.241. The Morgan fingerprint density at radius 3 is 3.04 bits per heavy atom. The second-order valence-corrected chi connectivity index (χ2v) is 6.08. The van der Waals surface area contributed by atoms with Gasteiger partial charge in [-0.15, -0.1) is 0 Å². The molecule has 2 atom stereocenters. The average molecular weight is 323 g/mol. The third-order valence-corrected chi connectivity index (χ3v) is 4.71. The van der Waals surface area contributed by atoms with E-state index < -0.39 is 0 Å². The van der Waals surface area contributed by atoms with Gasteiger partial charge < -0.3 is 19.1 Å². The molecule has 3 rings (SSSR count). The molecule has 0 bridgehead atoms. The van der Waals surface area contributed by atoms with Crippen molar-refractivity contribution in [1.82, 2.24) is 4.90 Å². The van der Waals surface area contributed by atoms with Gasteiger partial charge in [0.05, 0.1) is 5.60 Å². The highest BCUT2D eigenvalue weighted by atomic mass is 19.1. The minimum absolute atomic E-state index is 0.103. The van der Waals surface area contributed by atoms with Crippen molar-refractivity contribution in [2.45, 2.75) is 31.0 Å². The first kappa shape index (κ1) is 16.2. The smallest absolute Gasteiger partial charge is 0.260 e. The molecule has 5 nitrogen and oxygen atoms in total. The van der Waals surface area contributed by atoms with E-state index in [0.29, 0.717) is 18.8 Å². The zero-order valence-corrected chi connectivity index (χ0v) is 13.3. The van der Waals surface area contributed by atoms with Crippen LogP contribution in [0.2, 0.25) is 0 Å². The minimum atomic E-state index is -0.382. The number of hydrogen-bond donors (Lipinski definition) is 0. The molecular weight excluding hydrogens is 301 g/mol. The summed E-state index contributed by atoms with van der Waals surface area (Å²) < 4.78 is 30.0. The van der Waals surface area contributed by atoms with Gasteiger partial charge in [0.1, 0.15) is 17.7 Å². The Bertz CT molecular complexity index is 559. The number of ether oxygens (including phenoxy) is 3. The van der Waals surface area contributed by atoms with Crippen LogP contribution in [0, 0.1) is 5.82 Å². The highest BCUT2D eigenvalue weighted by Gasteiger charge is 2.47. The van der Waals surface area contributed by atoms with Crippen LogP contribution in [-0.2, 0) is 14.3 Å². The van der Waals surface area contributed by atoms with Crippen molar-refractivity contribution in [3.05, 3.63) is 30.1 Å². The number of nitrogens with zero attached hydrogens (tertiary/aromatic N) is 1. The van der Waals surface area contributed by atoms with E-state index in [1.165, 1.54) is 12.1 Å². The van der Waals surface area contributed by atoms with Crippen LogP contribution in [0.15, 0.2) is 24.3 Å². The first-order valence-electron chi connectivity index (χ1n) is 7.96. The third-order valence-electron chi connectivity index (χ3n) is 4.71. The van der Waals surface area contributed by atoms with E-state index in [1.807, 2.05) is 0 Å². The van der Waals surface area contributed by atoms with Crippen molar-refractivity contribution >= 4 is 5.91 Å². The molecule has 0 N–H and O–H groups in total. The maximum Gasteiger partial charge on any atom is 0.260 e. The zero-order valence-electron chi connectivity index (χ0n) is 13.3. The van der Waals surface area contributed by atoms with E-state index in [0.717, 1.165) is 25.9 Å². The van der Waals surface area contributed by atoms with Crippen LogP contribution < -0.4 is 4.74 Å². The van der Waals surface area contributed by atoms with Crippen molar-refractivity contribution in [1.29, 1.82) is 0 Å². The molecule has 2 heterocycles. The number of rotatable bonds is 4. The van der Waals surface area contributed by atoms with Crippen LogP contribution in [0.25, 0.3) is 0 Å². The SMILES string of the molecule is CO[C@H]1CN(C(=O)COc2cccc(F)c2)CC[C@@]12CCCO2. The molecular formula is C17H22FNO4. The summed E-state index contributed by atoms with van der Waals surface area (Å²) in [7, 11) is 1.66. The Labute approximate surface area is 135 Å². The van der Waals surface area contributed by atoms with Gasteiger partial charge in [-0.05, 0) is 31.4 Å². The summed E-state index contributed by atoms with van der Waals surface area (Å²) in [5, 5.41) is 0. The van der Waals surface area contributed by atoms with Crippen molar-refractivity contribution in [2.75, 3.05) is 33.4 Å². The molecule has 2 saturated heterocycles. The molecule has 2 fully saturated rings. The number of methoxy groups -OCH3 is 1. The molecule has 23 heavy (non-hydrogen) atoms. The number of piperidine rings is 1. The van der Waals surface area contributed by atoms with Crippen LogP contribution in [0.3, 0.4) is 0 Å². The maximum absolute atomic E-state index is 13.1. The summed E-state index contributed by atoms with van der Waals surface area (Å²) in [4.78, 5) is 14.1. The first-order valence-corrected chi connectivity index (χ1v) is 7.96. The van der Waals surface area contributed by atoms with Crippen LogP contribution in [-0.4, -0.2) is 55.9 Å². The Morgan fingerprint density at radius 1 is 1.48 bits per heavy atom. The van der Waals surface area contributed by atoms with Gasteiger partial charge in [-0.3, -0.25) is 4.79 Å². The van der Waals surface area contributed by atoms with Gasteiger partial charge in [0, 0.05) is 32.9 Å². The van der Waals surface area contributed by atoms with Gasteiger partial charge in [-0.1, -0.05) is 6.07 Å². The highest BCUT2D eigenvalue weighted by Crippen LogP contribution is 2.37. The fourth-order valence-electron chi connectivity index (χ4n) is 3.42. The monoisotopic (exact) mass is 323 g/mol. The molecule has 0 aromatic heterocycles. The lowest BCUT2D eigenvalue weighted by molar-refractivity contribution is -0.159. The van der Waals surface area contributed by atoms with Crippen LogP contribution in [0.5, 0.6) is 5.75 Å². The molecule has 1 aromatic carbocycles. The molecule has 2 aliphatic heterocycles. The number of carbonyl (C=O) groups is 1. The van der Waals surface area contributed by atoms with Crippen molar-refractivity contribution in [3.63, 3.8) is 0 Å². The Kier molecular flexibility index (Phi) is 4.82. The van der Waals surface area contributed by atoms with Crippen LogP contribution in [0.4, 0.5) is 4.39 Å². The summed E-state index contributed by atoms with van der Waals surface area (Å²) in [6.45, 7) is 1.79. The van der Waals surface area contributed by atoms with Crippen molar-refractivity contribution in [2.24, 2.45) is 0 Å². The predicted molar refractivity (Wildman–Crippen MR) is 81.8 cm³/mol. The number of likely N-dealkylation sites (tertiary alicyclic amines) is 1. The summed E-state index contributed by atoms with van der Waals surface area (Å²) in [6.07, 6.45) is 2.68. The maximum atomic E-state index is 13.1. The van der Waals surface area contributed by atoms with Gasteiger partial charge in [-0.2, -0.15) is 0 Å². The molecule has 1 amide bonds. The van der Waals surface area contributed by atoms with Crippen molar-refractivity contribution < 1.29 is 23.4 Å². The topological polar surface area (TPSA) is 48.0 Å². The van der Waals surface area contributed by atoms with E-state index in [4.69, 9.17) is 14.2 Å². The van der Waals surface area contributed by atoms with E-state index >= 15 is 0 Å². The molecule has 0 radical (unpaired) electrons. The van der Waals surface area contributed by atoms with E-state index in [2.05, 4.69) is 0 Å². The quantitative estimate of drug-likeness (QED) is 0.850. The number of hydrogen-bond acceptors (Lipinski definition) is 4. The minimum Gasteiger partial charge on any atom is -0.484 e. The standard InChI is InChI=1S/C17H22FNO4/c1-21-15-11-19(8-7-17(15)6-3-9-23-17)16(20)12-22-14-5-2-4-13(18)10-14/h2,4-5,10,15H,3,6-9,11-12H2,1H3/t15-,17-/m0/s1. The van der Waals surface area contributed by atoms with Gasteiger partial charge in [-0.25, -0.2) is 4.39 Å². The average Bonchev–Trinajstić information content (AvgIpc) is 3.02. The van der Waals surface area contributed by atoms with Gasteiger partial charge in [0.25, 0.3) is 5.91 Å². The van der Waals surface area contributed by atoms with E-state index in [9.17, 15) is 9.18 Å². The van der Waals surface area contributed by atoms with Gasteiger partial charge in [0.15, 0.2) is 6.61 Å². The largest absolute Gasteiger partial charge is 0.484 e. The number of benzene rings is 1.